The number of halogens is 4. The van der Waals surface area contributed by atoms with Crippen LogP contribution in [0.25, 0.3) is 10.7 Å². The highest BCUT2D eigenvalue weighted by atomic mass is 35.5. The second-order valence-electron chi connectivity index (χ2n) is 5.56. The maximum absolute atomic E-state index is 12.8. The monoisotopic (exact) mass is 446 g/mol. The smallest absolute Gasteiger partial charge is 0.324 e. The van der Waals surface area contributed by atoms with Crippen molar-refractivity contribution in [2.45, 2.75) is 24.8 Å². The molecule has 0 saturated heterocycles. The van der Waals surface area contributed by atoms with Crippen molar-refractivity contribution in [3.63, 3.8) is 0 Å². The molecule has 0 radical (unpaired) electrons. The van der Waals surface area contributed by atoms with E-state index in [0.717, 1.165) is 34.8 Å². The first-order valence-electron chi connectivity index (χ1n) is 8.06. The van der Waals surface area contributed by atoms with Crippen LogP contribution in [0, 0.1) is 0 Å². The highest BCUT2D eigenvalue weighted by molar-refractivity contribution is 7.99. The van der Waals surface area contributed by atoms with Gasteiger partial charge in [-0.2, -0.15) is 13.2 Å². The van der Waals surface area contributed by atoms with Gasteiger partial charge in [-0.1, -0.05) is 29.4 Å². The Kier molecular flexibility index (Phi) is 6.31. The van der Waals surface area contributed by atoms with Gasteiger partial charge in [0.2, 0.25) is 5.91 Å². The van der Waals surface area contributed by atoms with Crippen LogP contribution in [0.5, 0.6) is 0 Å². The lowest BCUT2D eigenvalue weighted by atomic mass is 10.2. The molecule has 2 aromatic heterocycles. The van der Waals surface area contributed by atoms with E-state index in [1.54, 1.807) is 0 Å². The largest absolute Gasteiger partial charge is 0.416 e. The van der Waals surface area contributed by atoms with Gasteiger partial charge in [0.1, 0.15) is 0 Å². The Bertz CT molecular complexity index is 973. The molecule has 0 aliphatic heterocycles. The Morgan fingerprint density at radius 3 is 2.75 bits per heavy atom. The van der Waals surface area contributed by atoms with Crippen LogP contribution < -0.4 is 5.32 Å². The fourth-order valence-electron chi connectivity index (χ4n) is 2.38. The van der Waals surface area contributed by atoms with Crippen molar-refractivity contribution < 1.29 is 18.0 Å². The molecule has 11 heteroatoms. The van der Waals surface area contributed by atoms with E-state index in [-0.39, 0.29) is 16.5 Å². The number of carbonyl (C=O) groups excluding carboxylic acids is 1. The van der Waals surface area contributed by atoms with E-state index in [1.807, 2.05) is 29.0 Å². The number of hydrogen-bond donors (Lipinski definition) is 1. The Balaban J connectivity index is 1.69. The lowest BCUT2D eigenvalue weighted by Gasteiger charge is -2.11. The topological polar surface area (TPSA) is 59.8 Å². The molecule has 2 heterocycles. The third-order valence-corrected chi connectivity index (χ3v) is 5.84. The van der Waals surface area contributed by atoms with Gasteiger partial charge in [-0.15, -0.1) is 21.5 Å². The van der Waals surface area contributed by atoms with Crippen molar-refractivity contribution in [3.05, 3.63) is 46.3 Å². The number of nitrogens with zero attached hydrogens (tertiary/aromatic N) is 3. The number of thiophene rings is 1. The predicted molar refractivity (Wildman–Crippen MR) is 105 cm³/mol. The molecule has 0 aliphatic carbocycles. The standard InChI is InChI=1S/C17H14ClF3N4OS2/c1-2-25-15(13-4-3-7-27-13)23-24-16(25)28-9-14(26)22-12-8-10(17(19,20)21)5-6-11(12)18/h3-8H,2,9H2,1H3,(H,22,26). The van der Waals surface area contributed by atoms with Gasteiger partial charge in [0, 0.05) is 6.54 Å². The first-order chi connectivity index (χ1) is 13.3. The van der Waals surface area contributed by atoms with Crippen LogP contribution in [-0.4, -0.2) is 26.4 Å². The number of benzene rings is 1. The summed E-state index contributed by atoms with van der Waals surface area (Å²) >= 11 is 8.58. The van der Waals surface area contributed by atoms with Gasteiger partial charge in [-0.3, -0.25) is 4.79 Å². The summed E-state index contributed by atoms with van der Waals surface area (Å²) in [7, 11) is 0. The van der Waals surface area contributed by atoms with Crippen molar-refractivity contribution in [2.24, 2.45) is 0 Å². The van der Waals surface area contributed by atoms with Crippen LogP contribution in [0.3, 0.4) is 0 Å². The fraction of sp³-hybridized carbons (Fsp3) is 0.235. The molecule has 0 bridgehead atoms. The Hall–Kier alpha value is -2.04. The van der Waals surface area contributed by atoms with Gasteiger partial charge < -0.3 is 9.88 Å². The normalized spacial score (nSPS) is 11.6. The van der Waals surface area contributed by atoms with E-state index >= 15 is 0 Å². The summed E-state index contributed by atoms with van der Waals surface area (Å²) in [5, 5.41) is 13.2. The van der Waals surface area contributed by atoms with E-state index in [9.17, 15) is 18.0 Å². The van der Waals surface area contributed by atoms with Gasteiger partial charge in [0.05, 0.1) is 26.9 Å². The van der Waals surface area contributed by atoms with Crippen LogP contribution in [0.1, 0.15) is 12.5 Å². The number of thioether (sulfide) groups is 1. The number of aromatic nitrogens is 3. The molecule has 1 aromatic carbocycles. The van der Waals surface area contributed by atoms with E-state index in [4.69, 9.17) is 11.6 Å². The van der Waals surface area contributed by atoms with Crippen LogP contribution in [-0.2, 0) is 17.5 Å². The van der Waals surface area contributed by atoms with Crippen molar-refractivity contribution in [3.8, 4) is 10.7 Å². The Morgan fingerprint density at radius 1 is 1.32 bits per heavy atom. The third kappa shape index (κ3) is 4.68. The molecule has 0 saturated carbocycles. The number of nitrogens with one attached hydrogen (secondary N) is 1. The highest BCUT2D eigenvalue weighted by Gasteiger charge is 2.31. The first-order valence-corrected chi connectivity index (χ1v) is 10.3. The maximum atomic E-state index is 12.8. The highest BCUT2D eigenvalue weighted by Crippen LogP contribution is 2.34. The summed E-state index contributed by atoms with van der Waals surface area (Å²) in [4.78, 5) is 13.2. The van der Waals surface area contributed by atoms with Gasteiger partial charge in [0.15, 0.2) is 11.0 Å². The molecule has 0 fully saturated rings. The SMILES string of the molecule is CCn1c(SCC(=O)Nc2cc(C(F)(F)F)ccc2Cl)nnc1-c1cccs1. The summed E-state index contributed by atoms with van der Waals surface area (Å²) in [6.07, 6.45) is -4.52. The first kappa shape index (κ1) is 20.7. The Labute approximate surface area is 171 Å². The van der Waals surface area contributed by atoms with Gasteiger partial charge >= 0.3 is 6.18 Å². The van der Waals surface area contributed by atoms with Crippen molar-refractivity contribution in [1.29, 1.82) is 0 Å². The van der Waals surface area contributed by atoms with E-state index in [2.05, 4.69) is 15.5 Å². The molecular formula is C17H14ClF3N4OS2. The molecule has 0 atom stereocenters. The minimum absolute atomic E-state index is 0.0306. The van der Waals surface area contributed by atoms with Crippen LogP contribution in [0.2, 0.25) is 5.02 Å². The van der Waals surface area contributed by atoms with E-state index in [0.29, 0.717) is 17.5 Å². The van der Waals surface area contributed by atoms with Crippen molar-refractivity contribution in [1.82, 2.24) is 14.8 Å². The van der Waals surface area contributed by atoms with Crippen molar-refractivity contribution >= 4 is 46.3 Å². The molecule has 0 spiro atoms. The fourth-order valence-corrected chi connectivity index (χ4v) is 4.07. The zero-order valence-corrected chi connectivity index (χ0v) is 16.8. The Morgan fingerprint density at radius 2 is 2.11 bits per heavy atom. The summed E-state index contributed by atoms with van der Waals surface area (Å²) in [5.74, 6) is 0.172. The summed E-state index contributed by atoms with van der Waals surface area (Å²) < 4.78 is 40.4. The lowest BCUT2D eigenvalue weighted by molar-refractivity contribution is -0.137. The third-order valence-electron chi connectivity index (χ3n) is 3.67. The van der Waals surface area contributed by atoms with Gasteiger partial charge in [-0.25, -0.2) is 0 Å². The average molecular weight is 447 g/mol. The molecule has 3 rings (SSSR count). The zero-order chi connectivity index (χ0) is 20.3. The lowest BCUT2D eigenvalue weighted by Crippen LogP contribution is -2.16. The predicted octanol–water partition coefficient (Wildman–Crippen LogP) is 5.43. The number of amides is 1. The number of alkyl halides is 3. The number of carbonyl (C=O) groups is 1. The molecule has 1 amide bonds. The molecule has 28 heavy (non-hydrogen) atoms. The molecule has 148 valence electrons. The van der Waals surface area contributed by atoms with Crippen molar-refractivity contribution in [2.75, 3.05) is 11.1 Å². The molecule has 0 unspecified atom stereocenters. The molecule has 1 N–H and O–H groups in total. The van der Waals surface area contributed by atoms with Gasteiger partial charge in [-0.05, 0) is 36.6 Å². The number of anilines is 1. The van der Waals surface area contributed by atoms with E-state index < -0.39 is 17.6 Å². The van der Waals surface area contributed by atoms with Crippen LogP contribution >= 0.6 is 34.7 Å². The molecular weight excluding hydrogens is 433 g/mol. The zero-order valence-electron chi connectivity index (χ0n) is 14.5. The minimum Gasteiger partial charge on any atom is -0.324 e. The molecule has 3 aromatic rings. The van der Waals surface area contributed by atoms with Crippen LogP contribution in [0.4, 0.5) is 18.9 Å². The summed E-state index contributed by atoms with van der Waals surface area (Å²) in [6, 6.07) is 6.62. The van der Waals surface area contributed by atoms with Gasteiger partial charge in [0.25, 0.3) is 0 Å². The second-order valence-corrected chi connectivity index (χ2v) is 7.85. The summed E-state index contributed by atoms with van der Waals surface area (Å²) in [5.41, 5.74) is -0.968. The van der Waals surface area contributed by atoms with E-state index in [1.165, 1.54) is 11.3 Å². The average Bonchev–Trinajstić information content (AvgIpc) is 3.29. The molecule has 0 aliphatic rings. The molecule has 5 nitrogen and oxygen atoms in total. The summed E-state index contributed by atoms with van der Waals surface area (Å²) in [6.45, 7) is 2.55. The maximum Gasteiger partial charge on any atom is 0.416 e. The number of rotatable bonds is 6. The quantitative estimate of drug-likeness (QED) is 0.513. The minimum atomic E-state index is -4.52. The number of hydrogen-bond acceptors (Lipinski definition) is 5. The van der Waals surface area contributed by atoms with Crippen LogP contribution in [0.15, 0.2) is 40.9 Å². The second kappa shape index (κ2) is 8.54.